The lowest BCUT2D eigenvalue weighted by atomic mass is 10.0. The SMILES string of the molecule is CC(C)CCC(O)CCCC(=O)O. The zero-order valence-electron chi connectivity index (χ0n) is 8.49. The Morgan fingerprint density at radius 2 is 1.85 bits per heavy atom. The van der Waals surface area contributed by atoms with Crippen LogP contribution in [0.15, 0.2) is 0 Å². The maximum Gasteiger partial charge on any atom is 0.303 e. The third-order valence-electron chi connectivity index (χ3n) is 2.01. The highest BCUT2D eigenvalue weighted by atomic mass is 16.4. The van der Waals surface area contributed by atoms with Crippen molar-refractivity contribution < 1.29 is 15.0 Å². The van der Waals surface area contributed by atoms with Crippen molar-refractivity contribution in [1.29, 1.82) is 0 Å². The average molecular weight is 188 g/mol. The Labute approximate surface area is 79.8 Å². The summed E-state index contributed by atoms with van der Waals surface area (Å²) < 4.78 is 0. The van der Waals surface area contributed by atoms with Gasteiger partial charge < -0.3 is 10.2 Å². The van der Waals surface area contributed by atoms with E-state index in [2.05, 4.69) is 13.8 Å². The number of carbonyl (C=O) groups is 1. The van der Waals surface area contributed by atoms with E-state index in [0.29, 0.717) is 18.8 Å². The Morgan fingerprint density at radius 1 is 1.23 bits per heavy atom. The van der Waals surface area contributed by atoms with E-state index in [9.17, 15) is 9.90 Å². The van der Waals surface area contributed by atoms with E-state index in [1.54, 1.807) is 0 Å². The minimum absolute atomic E-state index is 0.165. The summed E-state index contributed by atoms with van der Waals surface area (Å²) in [5, 5.41) is 17.8. The summed E-state index contributed by atoms with van der Waals surface area (Å²) in [7, 11) is 0. The summed E-state index contributed by atoms with van der Waals surface area (Å²) in [6.07, 6.45) is 2.83. The van der Waals surface area contributed by atoms with E-state index in [1.807, 2.05) is 0 Å². The smallest absolute Gasteiger partial charge is 0.303 e. The first-order valence-electron chi connectivity index (χ1n) is 4.92. The topological polar surface area (TPSA) is 57.5 Å². The van der Waals surface area contributed by atoms with Gasteiger partial charge in [-0.2, -0.15) is 0 Å². The van der Waals surface area contributed by atoms with Crippen molar-refractivity contribution in [3.63, 3.8) is 0 Å². The third-order valence-corrected chi connectivity index (χ3v) is 2.01. The standard InChI is InChI=1S/C10H20O3/c1-8(2)6-7-9(11)4-3-5-10(12)13/h8-9,11H,3-7H2,1-2H3,(H,12,13). The normalized spacial score (nSPS) is 13.2. The van der Waals surface area contributed by atoms with Crippen LogP contribution in [0.25, 0.3) is 0 Å². The predicted molar refractivity (Wildman–Crippen MR) is 51.6 cm³/mol. The fourth-order valence-corrected chi connectivity index (χ4v) is 1.16. The molecule has 0 aromatic carbocycles. The van der Waals surface area contributed by atoms with Gasteiger partial charge in [-0.3, -0.25) is 4.79 Å². The van der Waals surface area contributed by atoms with Crippen molar-refractivity contribution in [2.24, 2.45) is 5.92 Å². The zero-order valence-corrected chi connectivity index (χ0v) is 8.49. The molecular formula is C10H20O3. The number of aliphatic hydroxyl groups excluding tert-OH is 1. The highest BCUT2D eigenvalue weighted by Crippen LogP contribution is 2.11. The molecule has 0 fully saturated rings. The lowest BCUT2D eigenvalue weighted by Crippen LogP contribution is -2.08. The van der Waals surface area contributed by atoms with Crippen LogP contribution in [0.2, 0.25) is 0 Å². The summed E-state index contributed by atoms with van der Waals surface area (Å²) in [5.74, 6) is -0.176. The quantitative estimate of drug-likeness (QED) is 0.642. The molecule has 0 aliphatic carbocycles. The van der Waals surface area contributed by atoms with Crippen LogP contribution in [0.3, 0.4) is 0 Å². The lowest BCUT2D eigenvalue weighted by Gasteiger charge is -2.10. The number of carboxylic acids is 1. The molecule has 1 atom stereocenters. The predicted octanol–water partition coefficient (Wildman–Crippen LogP) is 2.04. The molecule has 78 valence electrons. The number of hydrogen-bond donors (Lipinski definition) is 2. The molecule has 0 saturated heterocycles. The molecule has 0 aromatic rings. The molecular weight excluding hydrogens is 168 g/mol. The Balaban J connectivity index is 3.29. The van der Waals surface area contributed by atoms with E-state index in [-0.39, 0.29) is 12.5 Å². The summed E-state index contributed by atoms with van der Waals surface area (Å²) in [5.41, 5.74) is 0. The number of hydrogen-bond acceptors (Lipinski definition) is 2. The Hall–Kier alpha value is -0.570. The molecule has 0 bridgehead atoms. The summed E-state index contributed by atoms with van der Waals surface area (Å²) in [6, 6.07) is 0. The van der Waals surface area contributed by atoms with Gasteiger partial charge in [-0.25, -0.2) is 0 Å². The Morgan fingerprint density at radius 3 is 2.31 bits per heavy atom. The van der Waals surface area contributed by atoms with Crippen molar-refractivity contribution in [2.75, 3.05) is 0 Å². The van der Waals surface area contributed by atoms with Crippen LogP contribution in [0.5, 0.6) is 0 Å². The van der Waals surface area contributed by atoms with Crippen LogP contribution >= 0.6 is 0 Å². The molecule has 3 heteroatoms. The molecule has 0 amide bonds. The minimum Gasteiger partial charge on any atom is -0.481 e. The van der Waals surface area contributed by atoms with E-state index in [4.69, 9.17) is 5.11 Å². The number of rotatable bonds is 7. The summed E-state index contributed by atoms with van der Waals surface area (Å²) in [6.45, 7) is 4.23. The number of aliphatic hydroxyl groups is 1. The van der Waals surface area contributed by atoms with Gasteiger partial charge >= 0.3 is 5.97 Å². The van der Waals surface area contributed by atoms with Gasteiger partial charge in [0.2, 0.25) is 0 Å². The first-order chi connectivity index (χ1) is 6.02. The maximum absolute atomic E-state index is 10.2. The Bertz CT molecular complexity index is 143. The molecule has 13 heavy (non-hydrogen) atoms. The monoisotopic (exact) mass is 188 g/mol. The van der Waals surface area contributed by atoms with Gasteiger partial charge in [0.15, 0.2) is 0 Å². The molecule has 0 heterocycles. The lowest BCUT2D eigenvalue weighted by molar-refractivity contribution is -0.137. The highest BCUT2D eigenvalue weighted by Gasteiger charge is 2.06. The molecule has 0 spiro atoms. The van der Waals surface area contributed by atoms with E-state index >= 15 is 0 Å². The molecule has 0 aliphatic rings. The second kappa shape index (κ2) is 6.89. The van der Waals surface area contributed by atoms with Crippen molar-refractivity contribution in [1.82, 2.24) is 0 Å². The van der Waals surface area contributed by atoms with Crippen molar-refractivity contribution in [2.45, 2.75) is 52.1 Å². The largest absolute Gasteiger partial charge is 0.481 e. The molecule has 0 saturated carbocycles. The van der Waals surface area contributed by atoms with Crippen LogP contribution < -0.4 is 0 Å². The third kappa shape index (κ3) is 9.34. The zero-order chi connectivity index (χ0) is 10.3. The first-order valence-corrected chi connectivity index (χ1v) is 4.92. The second-order valence-corrected chi connectivity index (χ2v) is 3.91. The summed E-state index contributed by atoms with van der Waals surface area (Å²) >= 11 is 0. The second-order valence-electron chi connectivity index (χ2n) is 3.91. The van der Waals surface area contributed by atoms with Crippen LogP contribution in [0.4, 0.5) is 0 Å². The Kier molecular flexibility index (Phi) is 6.59. The van der Waals surface area contributed by atoms with Crippen LogP contribution in [0.1, 0.15) is 46.0 Å². The van der Waals surface area contributed by atoms with Gasteiger partial charge in [-0.1, -0.05) is 13.8 Å². The van der Waals surface area contributed by atoms with Crippen molar-refractivity contribution in [3.8, 4) is 0 Å². The van der Waals surface area contributed by atoms with Gasteiger partial charge in [-0.15, -0.1) is 0 Å². The molecule has 0 radical (unpaired) electrons. The average Bonchev–Trinajstić information content (AvgIpc) is 2.00. The van der Waals surface area contributed by atoms with Crippen LogP contribution in [0, 0.1) is 5.92 Å². The first kappa shape index (κ1) is 12.4. The van der Waals surface area contributed by atoms with Gasteiger partial charge in [-0.05, 0) is 31.6 Å². The molecule has 3 nitrogen and oxygen atoms in total. The van der Waals surface area contributed by atoms with E-state index in [0.717, 1.165) is 12.8 Å². The highest BCUT2D eigenvalue weighted by molar-refractivity contribution is 5.66. The fraction of sp³-hybridized carbons (Fsp3) is 0.900. The summed E-state index contributed by atoms with van der Waals surface area (Å²) in [4.78, 5) is 10.2. The van der Waals surface area contributed by atoms with E-state index in [1.165, 1.54) is 0 Å². The van der Waals surface area contributed by atoms with Gasteiger partial charge in [0.1, 0.15) is 0 Å². The minimum atomic E-state index is -0.781. The molecule has 0 aliphatic heterocycles. The molecule has 2 N–H and O–H groups in total. The molecule has 0 rings (SSSR count). The van der Waals surface area contributed by atoms with Crippen LogP contribution in [-0.2, 0) is 4.79 Å². The maximum atomic E-state index is 10.2. The molecule has 0 aromatic heterocycles. The van der Waals surface area contributed by atoms with Gasteiger partial charge in [0.25, 0.3) is 0 Å². The van der Waals surface area contributed by atoms with Gasteiger partial charge in [0, 0.05) is 6.42 Å². The molecule has 1 unspecified atom stereocenters. The van der Waals surface area contributed by atoms with Crippen molar-refractivity contribution in [3.05, 3.63) is 0 Å². The van der Waals surface area contributed by atoms with Gasteiger partial charge in [0.05, 0.1) is 6.10 Å². The van der Waals surface area contributed by atoms with E-state index < -0.39 is 5.97 Å². The number of carboxylic acid groups (broad SMARTS) is 1. The fourth-order valence-electron chi connectivity index (χ4n) is 1.16. The van der Waals surface area contributed by atoms with Crippen molar-refractivity contribution >= 4 is 5.97 Å². The van der Waals surface area contributed by atoms with Crippen LogP contribution in [-0.4, -0.2) is 22.3 Å². The number of aliphatic carboxylic acids is 1.